The molecule has 0 aromatic carbocycles. The van der Waals surface area contributed by atoms with Crippen LogP contribution in [0.1, 0.15) is 52.9 Å². The van der Waals surface area contributed by atoms with Crippen LogP contribution in [-0.2, 0) is 4.79 Å². The van der Waals surface area contributed by atoms with Gasteiger partial charge in [0.1, 0.15) is 5.78 Å². The van der Waals surface area contributed by atoms with Gasteiger partial charge in [-0.3, -0.25) is 4.79 Å². The Labute approximate surface area is 92.6 Å². The molecule has 0 aromatic rings. The quantitative estimate of drug-likeness (QED) is 0.593. The van der Waals surface area contributed by atoms with Gasteiger partial charge in [0.15, 0.2) is 0 Å². The highest BCUT2D eigenvalue weighted by atomic mass is 16.1. The van der Waals surface area contributed by atoms with E-state index in [1.54, 1.807) is 0 Å². The third kappa shape index (κ3) is 1.13. The Kier molecular flexibility index (Phi) is 1.76. The summed E-state index contributed by atoms with van der Waals surface area (Å²) in [6.45, 7) is 7.03. The van der Waals surface area contributed by atoms with E-state index in [1.807, 2.05) is 0 Å². The average molecular weight is 206 g/mol. The van der Waals surface area contributed by atoms with Crippen LogP contribution in [0.15, 0.2) is 0 Å². The topological polar surface area (TPSA) is 17.1 Å². The van der Waals surface area contributed by atoms with Crippen LogP contribution in [0.5, 0.6) is 0 Å². The molecule has 0 bridgehead atoms. The van der Waals surface area contributed by atoms with Crippen LogP contribution in [0.3, 0.4) is 0 Å². The number of Topliss-reactive ketones (excluding diaryl/α,β-unsaturated/α-hetero) is 1. The summed E-state index contributed by atoms with van der Waals surface area (Å²) < 4.78 is 0. The summed E-state index contributed by atoms with van der Waals surface area (Å²) in [6.07, 6.45) is 6.04. The average Bonchev–Trinajstić information content (AvgIpc) is 2.65. The van der Waals surface area contributed by atoms with Crippen molar-refractivity contribution in [2.75, 3.05) is 0 Å². The molecule has 3 saturated carbocycles. The van der Waals surface area contributed by atoms with E-state index < -0.39 is 0 Å². The molecule has 84 valence electrons. The molecule has 1 heteroatoms. The Morgan fingerprint density at radius 3 is 2.67 bits per heavy atom. The Bertz CT molecular complexity index is 317. The summed E-state index contributed by atoms with van der Waals surface area (Å²) in [4.78, 5) is 12.1. The molecule has 4 atom stereocenters. The van der Waals surface area contributed by atoms with Gasteiger partial charge in [-0.1, -0.05) is 20.8 Å². The smallest absolute Gasteiger partial charge is 0.139 e. The lowest BCUT2D eigenvalue weighted by Crippen LogP contribution is -2.32. The highest BCUT2D eigenvalue weighted by Crippen LogP contribution is 2.65. The fraction of sp³-hybridized carbons (Fsp3) is 0.929. The molecule has 3 aliphatic carbocycles. The summed E-state index contributed by atoms with van der Waals surface area (Å²) in [5, 5.41) is 0. The van der Waals surface area contributed by atoms with Gasteiger partial charge in [-0.15, -0.1) is 0 Å². The van der Waals surface area contributed by atoms with E-state index in [9.17, 15) is 4.79 Å². The van der Waals surface area contributed by atoms with Gasteiger partial charge in [-0.2, -0.15) is 0 Å². The maximum atomic E-state index is 12.1. The normalized spacial score (nSPS) is 51.9. The summed E-state index contributed by atoms with van der Waals surface area (Å²) in [6, 6.07) is 0. The number of carbonyl (C=O) groups excluding carboxylic acids is 1. The minimum atomic E-state index is 0.0818. The largest absolute Gasteiger partial charge is 0.299 e. The molecule has 3 fully saturated rings. The second-order valence-corrected chi connectivity index (χ2v) is 7.12. The first-order valence-electron chi connectivity index (χ1n) is 6.47. The molecule has 0 saturated heterocycles. The molecule has 3 aliphatic rings. The van der Waals surface area contributed by atoms with Gasteiger partial charge < -0.3 is 0 Å². The van der Waals surface area contributed by atoms with Crippen molar-refractivity contribution in [1.82, 2.24) is 0 Å². The zero-order valence-corrected chi connectivity index (χ0v) is 10.2. The first kappa shape index (κ1) is 9.86. The van der Waals surface area contributed by atoms with Crippen molar-refractivity contribution in [3.05, 3.63) is 0 Å². The lowest BCUT2D eigenvalue weighted by Gasteiger charge is -2.31. The summed E-state index contributed by atoms with van der Waals surface area (Å²) >= 11 is 0. The lowest BCUT2D eigenvalue weighted by molar-refractivity contribution is -0.128. The van der Waals surface area contributed by atoms with Crippen molar-refractivity contribution >= 4 is 5.78 Å². The fourth-order valence-corrected chi connectivity index (χ4v) is 4.99. The Hall–Kier alpha value is -0.330. The number of hydrogen-bond acceptors (Lipinski definition) is 1. The zero-order valence-electron chi connectivity index (χ0n) is 10.2. The Morgan fingerprint density at radius 1 is 1.20 bits per heavy atom. The van der Waals surface area contributed by atoms with E-state index in [-0.39, 0.29) is 5.41 Å². The van der Waals surface area contributed by atoms with Crippen molar-refractivity contribution in [2.24, 2.45) is 28.6 Å². The van der Waals surface area contributed by atoms with E-state index >= 15 is 0 Å². The Balaban J connectivity index is 1.95. The van der Waals surface area contributed by atoms with Crippen LogP contribution in [0.25, 0.3) is 0 Å². The predicted octanol–water partition coefficient (Wildman–Crippen LogP) is 3.43. The SMILES string of the molecule is CC1(C)C[C@H]2C[C@@H]3CCC(=O)[C@]3(C)[C@H]2C1. The molecular weight excluding hydrogens is 184 g/mol. The zero-order chi connectivity index (χ0) is 10.8. The summed E-state index contributed by atoms with van der Waals surface area (Å²) in [7, 11) is 0. The van der Waals surface area contributed by atoms with Crippen LogP contribution >= 0.6 is 0 Å². The standard InChI is InChI=1S/C14H22O/c1-13(2)7-9-6-10-4-5-12(15)14(10,3)11(9)8-13/h9-11H,4-8H2,1-3H3/t9-,10+,11+,14+/m1/s1. The number of carbonyl (C=O) groups is 1. The highest BCUT2D eigenvalue weighted by Gasteiger charge is 2.62. The number of ketones is 1. The minimum Gasteiger partial charge on any atom is -0.299 e. The maximum Gasteiger partial charge on any atom is 0.139 e. The van der Waals surface area contributed by atoms with Gasteiger partial charge in [0, 0.05) is 11.8 Å². The van der Waals surface area contributed by atoms with Gasteiger partial charge in [0.25, 0.3) is 0 Å². The number of fused-ring (bicyclic) bond motifs is 3. The molecular formula is C14H22O. The molecule has 0 aromatic heterocycles. The van der Waals surface area contributed by atoms with E-state index in [2.05, 4.69) is 20.8 Å². The van der Waals surface area contributed by atoms with Gasteiger partial charge in [0.2, 0.25) is 0 Å². The molecule has 0 N–H and O–H groups in total. The van der Waals surface area contributed by atoms with Gasteiger partial charge in [-0.25, -0.2) is 0 Å². The van der Waals surface area contributed by atoms with Crippen molar-refractivity contribution < 1.29 is 4.79 Å². The third-order valence-electron chi connectivity index (χ3n) is 5.68. The van der Waals surface area contributed by atoms with Crippen molar-refractivity contribution in [2.45, 2.75) is 52.9 Å². The molecule has 1 nitrogen and oxygen atoms in total. The third-order valence-corrected chi connectivity index (χ3v) is 5.68. The molecule has 0 unspecified atom stereocenters. The lowest BCUT2D eigenvalue weighted by atomic mass is 9.72. The van der Waals surface area contributed by atoms with E-state index in [0.717, 1.165) is 18.3 Å². The maximum absolute atomic E-state index is 12.1. The molecule has 0 radical (unpaired) electrons. The van der Waals surface area contributed by atoms with Crippen LogP contribution in [-0.4, -0.2) is 5.78 Å². The first-order valence-corrected chi connectivity index (χ1v) is 6.47. The molecule has 0 heterocycles. The van der Waals surface area contributed by atoms with Crippen molar-refractivity contribution in [3.8, 4) is 0 Å². The summed E-state index contributed by atoms with van der Waals surface area (Å²) in [5.41, 5.74) is 0.574. The van der Waals surface area contributed by atoms with Crippen LogP contribution in [0.4, 0.5) is 0 Å². The molecule has 15 heavy (non-hydrogen) atoms. The van der Waals surface area contributed by atoms with Crippen LogP contribution < -0.4 is 0 Å². The molecule has 0 spiro atoms. The van der Waals surface area contributed by atoms with E-state index in [4.69, 9.17) is 0 Å². The molecule has 0 aliphatic heterocycles. The van der Waals surface area contributed by atoms with Gasteiger partial charge in [-0.05, 0) is 48.9 Å². The molecule has 3 rings (SSSR count). The highest BCUT2D eigenvalue weighted by molar-refractivity contribution is 5.87. The Morgan fingerprint density at radius 2 is 1.93 bits per heavy atom. The van der Waals surface area contributed by atoms with E-state index in [0.29, 0.717) is 17.1 Å². The van der Waals surface area contributed by atoms with Crippen LogP contribution in [0.2, 0.25) is 0 Å². The summed E-state index contributed by atoms with van der Waals surface area (Å²) in [5.74, 6) is 2.89. The fourth-order valence-electron chi connectivity index (χ4n) is 4.99. The second-order valence-electron chi connectivity index (χ2n) is 7.12. The monoisotopic (exact) mass is 206 g/mol. The van der Waals surface area contributed by atoms with E-state index in [1.165, 1.54) is 25.7 Å². The van der Waals surface area contributed by atoms with Crippen molar-refractivity contribution in [3.63, 3.8) is 0 Å². The van der Waals surface area contributed by atoms with Gasteiger partial charge in [0.05, 0.1) is 0 Å². The predicted molar refractivity (Wildman–Crippen MR) is 60.5 cm³/mol. The second kappa shape index (κ2) is 2.67. The van der Waals surface area contributed by atoms with Crippen LogP contribution in [0, 0.1) is 28.6 Å². The van der Waals surface area contributed by atoms with Gasteiger partial charge >= 0.3 is 0 Å². The number of rotatable bonds is 0. The minimum absolute atomic E-state index is 0.0818. The van der Waals surface area contributed by atoms with Crippen molar-refractivity contribution in [1.29, 1.82) is 0 Å². The first-order chi connectivity index (χ1) is 6.93. The molecule has 0 amide bonds. The number of hydrogen-bond donors (Lipinski definition) is 0.